The summed E-state index contributed by atoms with van der Waals surface area (Å²) in [5.41, 5.74) is 2.35. The zero-order valence-electron chi connectivity index (χ0n) is 8.52. The van der Waals surface area contributed by atoms with E-state index in [9.17, 15) is 4.79 Å². The molecule has 1 aliphatic rings. The number of aromatic nitrogens is 2. The highest BCUT2D eigenvalue weighted by molar-refractivity contribution is 5.96. The molecule has 16 heavy (non-hydrogen) atoms. The largest absolute Gasteiger partial charge is 0.476 e. The van der Waals surface area contributed by atoms with Gasteiger partial charge in [0.2, 0.25) is 11.5 Å². The highest BCUT2D eigenvalue weighted by atomic mass is 16.5. The third-order valence-corrected chi connectivity index (χ3v) is 2.72. The zero-order chi connectivity index (χ0) is 11.3. The van der Waals surface area contributed by atoms with E-state index in [0.29, 0.717) is 18.0 Å². The van der Waals surface area contributed by atoms with Crippen LogP contribution in [0.25, 0.3) is 11.5 Å². The molecule has 0 radical (unpaired) electrons. The Labute approximate surface area is 90.5 Å². The van der Waals surface area contributed by atoms with Crippen LogP contribution in [-0.4, -0.2) is 20.8 Å². The van der Waals surface area contributed by atoms with Gasteiger partial charge in [0.15, 0.2) is 0 Å². The molecule has 2 aromatic rings. The maximum absolute atomic E-state index is 10.9. The minimum Gasteiger partial charge on any atom is -0.476 e. The van der Waals surface area contributed by atoms with Crippen molar-refractivity contribution >= 4 is 11.7 Å². The number of fused-ring (bicyclic) bond motifs is 3. The third kappa shape index (κ3) is 1.01. The fourth-order valence-electron chi connectivity index (χ4n) is 1.98. The maximum Gasteiger partial charge on any atom is 0.360 e. The van der Waals surface area contributed by atoms with Gasteiger partial charge in [0.05, 0.1) is 5.69 Å². The summed E-state index contributed by atoms with van der Waals surface area (Å²) in [5, 5.41) is 15.5. The topological polar surface area (TPSA) is 80.3 Å². The highest BCUT2D eigenvalue weighted by Crippen LogP contribution is 2.37. The van der Waals surface area contributed by atoms with Crippen molar-refractivity contribution in [3.05, 3.63) is 23.5 Å². The number of aromatic carboxylic acids is 1. The second kappa shape index (κ2) is 2.88. The first-order valence-corrected chi connectivity index (χ1v) is 4.80. The second-order valence-corrected chi connectivity index (χ2v) is 3.69. The Kier molecular flexibility index (Phi) is 1.62. The van der Waals surface area contributed by atoms with Gasteiger partial charge in [0.25, 0.3) is 0 Å². The van der Waals surface area contributed by atoms with Gasteiger partial charge in [-0.05, 0) is 6.07 Å². The number of hydrogen-bond donors (Lipinski definition) is 2. The van der Waals surface area contributed by atoms with Crippen LogP contribution in [0.3, 0.4) is 0 Å². The second-order valence-electron chi connectivity index (χ2n) is 3.69. The molecule has 0 unspecified atom stereocenters. The number of aryl methyl sites for hydroxylation is 1. The molecule has 0 bridgehead atoms. The van der Waals surface area contributed by atoms with Crippen LogP contribution in [-0.2, 0) is 13.6 Å². The minimum absolute atomic E-state index is 0.0677. The summed E-state index contributed by atoms with van der Waals surface area (Å²) < 4.78 is 6.99. The third-order valence-electron chi connectivity index (χ3n) is 2.72. The van der Waals surface area contributed by atoms with Crippen LogP contribution >= 0.6 is 0 Å². The molecule has 82 valence electrons. The van der Waals surface area contributed by atoms with E-state index in [1.54, 1.807) is 0 Å². The molecule has 6 nitrogen and oxygen atoms in total. The number of carboxylic acids is 1. The maximum atomic E-state index is 10.9. The number of anilines is 1. The molecule has 3 rings (SSSR count). The van der Waals surface area contributed by atoms with Gasteiger partial charge in [-0.2, -0.15) is 0 Å². The summed E-state index contributed by atoms with van der Waals surface area (Å²) in [7, 11) is 1.89. The van der Waals surface area contributed by atoms with Crippen LogP contribution in [0.5, 0.6) is 0 Å². The Morgan fingerprint density at radius 2 is 2.50 bits per heavy atom. The summed E-state index contributed by atoms with van der Waals surface area (Å²) >= 11 is 0. The molecule has 1 aliphatic heterocycles. The van der Waals surface area contributed by atoms with E-state index in [1.165, 1.54) is 0 Å². The molecule has 0 saturated heterocycles. The molecule has 3 heterocycles. The Morgan fingerprint density at radius 1 is 1.69 bits per heavy atom. The van der Waals surface area contributed by atoms with Gasteiger partial charge in [-0.15, -0.1) is 0 Å². The average molecular weight is 219 g/mol. The molecule has 0 saturated carbocycles. The summed E-state index contributed by atoms with van der Waals surface area (Å²) in [6.45, 7) is 0.588. The molecule has 2 aromatic heterocycles. The quantitative estimate of drug-likeness (QED) is 0.755. The van der Waals surface area contributed by atoms with E-state index in [0.717, 1.165) is 11.3 Å². The Bertz CT molecular complexity index is 582. The van der Waals surface area contributed by atoms with Crippen molar-refractivity contribution in [3.8, 4) is 11.5 Å². The SMILES string of the molecule is Cn1ccc2c1-c1onc(C(=O)O)c1NC2. The molecule has 6 heteroatoms. The van der Waals surface area contributed by atoms with Crippen LogP contribution in [0.2, 0.25) is 0 Å². The first kappa shape index (κ1) is 9.02. The molecule has 0 spiro atoms. The van der Waals surface area contributed by atoms with Gasteiger partial charge in [-0.1, -0.05) is 5.16 Å². The van der Waals surface area contributed by atoms with Crippen LogP contribution < -0.4 is 5.32 Å². The number of nitrogens with one attached hydrogen (secondary N) is 1. The number of rotatable bonds is 1. The number of nitrogens with zero attached hydrogens (tertiary/aromatic N) is 2. The zero-order valence-corrected chi connectivity index (χ0v) is 8.52. The minimum atomic E-state index is -1.09. The fraction of sp³-hybridized carbons (Fsp3) is 0.200. The monoisotopic (exact) mass is 219 g/mol. The molecule has 2 N–H and O–H groups in total. The van der Waals surface area contributed by atoms with Crippen molar-refractivity contribution in [2.24, 2.45) is 7.05 Å². The lowest BCUT2D eigenvalue weighted by atomic mass is 10.1. The van der Waals surface area contributed by atoms with Gasteiger partial charge < -0.3 is 19.5 Å². The first-order chi connectivity index (χ1) is 7.68. The van der Waals surface area contributed by atoms with E-state index in [2.05, 4.69) is 10.5 Å². The van der Waals surface area contributed by atoms with Crippen molar-refractivity contribution in [3.63, 3.8) is 0 Å². The van der Waals surface area contributed by atoms with E-state index in [4.69, 9.17) is 9.63 Å². The van der Waals surface area contributed by atoms with Crippen LogP contribution in [0.1, 0.15) is 16.1 Å². The smallest absolute Gasteiger partial charge is 0.360 e. The van der Waals surface area contributed by atoms with Crippen molar-refractivity contribution in [1.82, 2.24) is 9.72 Å². The van der Waals surface area contributed by atoms with Gasteiger partial charge in [-0.25, -0.2) is 4.79 Å². The van der Waals surface area contributed by atoms with Crippen LogP contribution in [0.4, 0.5) is 5.69 Å². The van der Waals surface area contributed by atoms with Gasteiger partial charge in [0, 0.05) is 25.4 Å². The Morgan fingerprint density at radius 3 is 3.25 bits per heavy atom. The van der Waals surface area contributed by atoms with Gasteiger partial charge in [0.1, 0.15) is 5.69 Å². The van der Waals surface area contributed by atoms with Crippen molar-refractivity contribution < 1.29 is 14.4 Å². The van der Waals surface area contributed by atoms with Crippen molar-refractivity contribution in [2.45, 2.75) is 6.54 Å². The molecular weight excluding hydrogens is 210 g/mol. The number of carboxylic acid groups (broad SMARTS) is 1. The van der Waals surface area contributed by atoms with Crippen LogP contribution in [0, 0.1) is 0 Å². The normalized spacial score (nSPS) is 12.8. The number of hydrogen-bond acceptors (Lipinski definition) is 4. The van der Waals surface area contributed by atoms with E-state index < -0.39 is 5.97 Å². The molecule has 0 amide bonds. The molecule has 0 aromatic carbocycles. The lowest BCUT2D eigenvalue weighted by molar-refractivity contribution is 0.0687. The summed E-state index contributed by atoms with van der Waals surface area (Å²) in [6.07, 6.45) is 1.91. The lowest BCUT2D eigenvalue weighted by Crippen LogP contribution is -2.10. The summed E-state index contributed by atoms with van der Waals surface area (Å²) in [6, 6.07) is 1.97. The van der Waals surface area contributed by atoms with E-state index in [-0.39, 0.29) is 5.69 Å². The predicted octanol–water partition coefficient (Wildman–Crippen LogP) is 1.30. The number of carbonyl (C=O) groups is 1. The lowest BCUT2D eigenvalue weighted by Gasteiger charge is -2.14. The molecule has 0 fully saturated rings. The molecule has 0 aliphatic carbocycles. The van der Waals surface area contributed by atoms with Gasteiger partial charge in [-0.3, -0.25) is 0 Å². The van der Waals surface area contributed by atoms with Gasteiger partial charge >= 0.3 is 5.97 Å². The average Bonchev–Trinajstić information content (AvgIpc) is 2.81. The fourth-order valence-corrected chi connectivity index (χ4v) is 1.98. The summed E-state index contributed by atoms with van der Waals surface area (Å²) in [5.74, 6) is -0.596. The molecule has 0 atom stereocenters. The molecular formula is C10H9N3O3. The standard InChI is InChI=1S/C10H9N3O3/c1-13-3-2-5-4-11-6-7(10(14)15)12-16-9(6)8(5)13/h2-3,11H,4H2,1H3,(H,14,15). The first-order valence-electron chi connectivity index (χ1n) is 4.80. The van der Waals surface area contributed by atoms with Crippen LogP contribution in [0.15, 0.2) is 16.8 Å². The summed E-state index contributed by atoms with van der Waals surface area (Å²) in [4.78, 5) is 10.9. The van der Waals surface area contributed by atoms with E-state index in [1.807, 2.05) is 23.9 Å². The van der Waals surface area contributed by atoms with E-state index >= 15 is 0 Å². The van der Waals surface area contributed by atoms with Crippen molar-refractivity contribution in [1.29, 1.82) is 0 Å². The van der Waals surface area contributed by atoms with Crippen molar-refractivity contribution in [2.75, 3.05) is 5.32 Å². The Balaban J connectivity index is 2.26. The highest BCUT2D eigenvalue weighted by Gasteiger charge is 2.29. The predicted molar refractivity (Wildman–Crippen MR) is 55.2 cm³/mol. The Hall–Kier alpha value is -2.24.